The third-order valence-electron chi connectivity index (χ3n) is 4.91. The molecule has 1 aliphatic heterocycles. The van der Waals surface area contributed by atoms with Gasteiger partial charge in [-0.2, -0.15) is 0 Å². The van der Waals surface area contributed by atoms with Gasteiger partial charge in [-0.25, -0.2) is 0 Å². The van der Waals surface area contributed by atoms with E-state index >= 15 is 0 Å². The maximum Gasteiger partial charge on any atom is 0.0753 e. The Balaban J connectivity index is 1.90. The highest BCUT2D eigenvalue weighted by atomic mass is 16.5. The molecule has 0 unspecified atom stereocenters. The zero-order valence-electron chi connectivity index (χ0n) is 13.3. The van der Waals surface area contributed by atoms with E-state index in [1.54, 1.807) is 0 Å². The lowest BCUT2D eigenvalue weighted by molar-refractivity contribution is -0.0949. The number of nitrogens with one attached hydrogen (secondary N) is 1. The van der Waals surface area contributed by atoms with Gasteiger partial charge in [0.2, 0.25) is 0 Å². The van der Waals surface area contributed by atoms with Crippen LogP contribution in [0, 0.1) is 5.41 Å². The molecule has 112 valence electrons. The van der Waals surface area contributed by atoms with E-state index in [9.17, 15) is 0 Å². The van der Waals surface area contributed by atoms with Gasteiger partial charge >= 0.3 is 0 Å². The Morgan fingerprint density at radius 2 is 1.95 bits per heavy atom. The predicted octanol–water partition coefficient (Wildman–Crippen LogP) is 2.66. The van der Waals surface area contributed by atoms with E-state index in [4.69, 9.17) is 4.74 Å². The van der Waals surface area contributed by atoms with Crippen molar-refractivity contribution in [3.8, 4) is 0 Å². The molecule has 0 aromatic heterocycles. The Bertz CT molecular complexity index is 282. The van der Waals surface area contributed by atoms with Gasteiger partial charge in [0.25, 0.3) is 0 Å². The van der Waals surface area contributed by atoms with Crippen LogP contribution in [0.25, 0.3) is 0 Å². The molecule has 1 heterocycles. The summed E-state index contributed by atoms with van der Waals surface area (Å²) in [5.41, 5.74) is 0.464. The van der Waals surface area contributed by atoms with Crippen molar-refractivity contribution in [2.45, 2.75) is 65.0 Å². The lowest BCUT2D eigenvalue weighted by Crippen LogP contribution is -2.53. The van der Waals surface area contributed by atoms with E-state index in [1.807, 2.05) is 0 Å². The second-order valence-corrected chi connectivity index (χ2v) is 7.18. The number of rotatable bonds is 7. The number of morpholine rings is 1. The van der Waals surface area contributed by atoms with Crippen LogP contribution in [0.5, 0.6) is 0 Å². The maximum absolute atomic E-state index is 5.83. The molecular weight excluding hydrogens is 236 g/mol. The van der Waals surface area contributed by atoms with Crippen molar-refractivity contribution >= 4 is 0 Å². The van der Waals surface area contributed by atoms with Gasteiger partial charge in [0.15, 0.2) is 0 Å². The van der Waals surface area contributed by atoms with Crippen LogP contribution in [0.1, 0.15) is 53.4 Å². The first kappa shape index (κ1) is 15.3. The van der Waals surface area contributed by atoms with Crippen LogP contribution >= 0.6 is 0 Å². The lowest BCUT2D eigenvalue weighted by atomic mass is 9.81. The third kappa shape index (κ3) is 4.44. The SMILES string of the molecule is CCC(CC)(CNC1CC1)CN1CCOC(C)(C)C1. The number of hydrogen-bond donors (Lipinski definition) is 1. The minimum atomic E-state index is 0.0232. The molecule has 3 nitrogen and oxygen atoms in total. The van der Waals surface area contributed by atoms with Crippen LogP contribution in [-0.2, 0) is 4.74 Å². The minimum absolute atomic E-state index is 0.0232. The van der Waals surface area contributed by atoms with Gasteiger partial charge in [-0.05, 0) is 44.9 Å². The van der Waals surface area contributed by atoms with E-state index in [0.717, 1.165) is 25.7 Å². The van der Waals surface area contributed by atoms with Crippen LogP contribution in [0.15, 0.2) is 0 Å². The molecule has 1 aliphatic carbocycles. The molecule has 0 radical (unpaired) electrons. The first-order chi connectivity index (χ1) is 8.99. The van der Waals surface area contributed by atoms with Gasteiger partial charge in [-0.15, -0.1) is 0 Å². The molecule has 19 heavy (non-hydrogen) atoms. The van der Waals surface area contributed by atoms with E-state index in [0.29, 0.717) is 5.41 Å². The molecule has 1 saturated heterocycles. The molecule has 0 spiro atoms. The molecule has 0 amide bonds. The summed E-state index contributed by atoms with van der Waals surface area (Å²) in [5.74, 6) is 0. The monoisotopic (exact) mass is 268 g/mol. The molecule has 1 saturated carbocycles. The predicted molar refractivity (Wildman–Crippen MR) is 80.5 cm³/mol. The van der Waals surface area contributed by atoms with Crippen molar-refractivity contribution < 1.29 is 4.74 Å². The Hall–Kier alpha value is -0.120. The highest BCUT2D eigenvalue weighted by molar-refractivity contribution is 4.90. The second kappa shape index (κ2) is 6.11. The summed E-state index contributed by atoms with van der Waals surface area (Å²) in [4.78, 5) is 2.62. The smallest absolute Gasteiger partial charge is 0.0753 e. The molecule has 0 bridgehead atoms. The van der Waals surface area contributed by atoms with Gasteiger partial charge in [-0.3, -0.25) is 4.90 Å². The maximum atomic E-state index is 5.83. The fourth-order valence-corrected chi connectivity index (χ4v) is 3.15. The van der Waals surface area contributed by atoms with Crippen LogP contribution in [0.3, 0.4) is 0 Å². The Morgan fingerprint density at radius 1 is 1.26 bits per heavy atom. The van der Waals surface area contributed by atoms with Crippen molar-refractivity contribution in [1.29, 1.82) is 0 Å². The third-order valence-corrected chi connectivity index (χ3v) is 4.91. The average molecular weight is 268 g/mol. The van der Waals surface area contributed by atoms with Crippen molar-refractivity contribution in [2.75, 3.05) is 32.8 Å². The zero-order chi connectivity index (χ0) is 13.9. The van der Waals surface area contributed by atoms with Gasteiger partial charge in [0.05, 0.1) is 12.2 Å². The largest absolute Gasteiger partial charge is 0.373 e. The molecular formula is C16H32N2O. The topological polar surface area (TPSA) is 24.5 Å². The quantitative estimate of drug-likeness (QED) is 0.768. The highest BCUT2D eigenvalue weighted by Gasteiger charge is 2.35. The molecule has 2 fully saturated rings. The minimum Gasteiger partial charge on any atom is -0.373 e. The van der Waals surface area contributed by atoms with Crippen LogP contribution in [-0.4, -0.2) is 49.3 Å². The van der Waals surface area contributed by atoms with E-state index in [1.165, 1.54) is 38.8 Å². The first-order valence-electron chi connectivity index (χ1n) is 8.08. The Morgan fingerprint density at radius 3 is 2.47 bits per heavy atom. The van der Waals surface area contributed by atoms with Crippen molar-refractivity contribution in [1.82, 2.24) is 10.2 Å². The molecule has 0 aromatic carbocycles. The van der Waals surface area contributed by atoms with Gasteiger partial charge < -0.3 is 10.1 Å². The zero-order valence-corrected chi connectivity index (χ0v) is 13.3. The molecule has 0 atom stereocenters. The summed E-state index contributed by atoms with van der Waals surface area (Å²) in [5, 5.41) is 3.75. The van der Waals surface area contributed by atoms with Crippen molar-refractivity contribution in [2.24, 2.45) is 5.41 Å². The van der Waals surface area contributed by atoms with Crippen LogP contribution in [0.2, 0.25) is 0 Å². The number of hydrogen-bond acceptors (Lipinski definition) is 3. The molecule has 2 rings (SSSR count). The second-order valence-electron chi connectivity index (χ2n) is 7.18. The fraction of sp³-hybridized carbons (Fsp3) is 1.00. The first-order valence-corrected chi connectivity index (χ1v) is 8.08. The van der Waals surface area contributed by atoms with Gasteiger partial charge in [-0.1, -0.05) is 13.8 Å². The van der Waals surface area contributed by atoms with Crippen molar-refractivity contribution in [3.05, 3.63) is 0 Å². The average Bonchev–Trinajstić information content (AvgIpc) is 3.17. The van der Waals surface area contributed by atoms with E-state index in [2.05, 4.69) is 37.9 Å². The number of ether oxygens (including phenoxy) is 1. The lowest BCUT2D eigenvalue weighted by Gasteiger charge is -2.43. The Labute approximate surface area is 119 Å². The molecule has 3 heteroatoms. The van der Waals surface area contributed by atoms with Crippen LogP contribution < -0.4 is 5.32 Å². The van der Waals surface area contributed by atoms with Gasteiger partial charge in [0, 0.05) is 32.2 Å². The summed E-state index contributed by atoms with van der Waals surface area (Å²) in [7, 11) is 0. The van der Waals surface area contributed by atoms with Crippen molar-refractivity contribution in [3.63, 3.8) is 0 Å². The van der Waals surface area contributed by atoms with E-state index < -0.39 is 0 Å². The molecule has 1 N–H and O–H groups in total. The van der Waals surface area contributed by atoms with Crippen LogP contribution in [0.4, 0.5) is 0 Å². The Kier molecular flexibility index (Phi) is 4.91. The fourth-order valence-electron chi connectivity index (χ4n) is 3.15. The summed E-state index contributed by atoms with van der Waals surface area (Å²) in [6.45, 7) is 14.6. The normalized spacial score (nSPS) is 24.6. The number of nitrogens with zero attached hydrogens (tertiary/aromatic N) is 1. The summed E-state index contributed by atoms with van der Waals surface area (Å²) in [6.07, 6.45) is 5.30. The molecule has 2 aliphatic rings. The summed E-state index contributed by atoms with van der Waals surface area (Å²) < 4.78 is 5.83. The van der Waals surface area contributed by atoms with E-state index in [-0.39, 0.29) is 5.60 Å². The molecule has 0 aromatic rings. The summed E-state index contributed by atoms with van der Waals surface area (Å²) >= 11 is 0. The standard InChI is InChI=1S/C16H32N2O/c1-5-16(6-2,11-17-14-7-8-14)13-18-9-10-19-15(3,4)12-18/h14,17H,5-13H2,1-4H3. The summed E-state index contributed by atoms with van der Waals surface area (Å²) in [6, 6.07) is 0.818. The van der Waals surface area contributed by atoms with Gasteiger partial charge in [0.1, 0.15) is 0 Å². The highest BCUT2D eigenvalue weighted by Crippen LogP contribution is 2.30.